The van der Waals surface area contributed by atoms with Gasteiger partial charge in [-0.25, -0.2) is 0 Å². The van der Waals surface area contributed by atoms with E-state index in [1.54, 1.807) is 0 Å². The van der Waals surface area contributed by atoms with Crippen molar-refractivity contribution in [3.63, 3.8) is 0 Å². The number of para-hydroxylation sites is 3. The summed E-state index contributed by atoms with van der Waals surface area (Å²) < 4.78 is 17.5. The maximum atomic E-state index is 5.94. The van der Waals surface area contributed by atoms with Crippen molar-refractivity contribution in [1.82, 2.24) is 0 Å². The van der Waals surface area contributed by atoms with Crippen LogP contribution in [0.2, 0.25) is 0 Å². The number of allylic oxidation sites excluding steroid dienone is 1. The fourth-order valence-electron chi connectivity index (χ4n) is 3.33. The van der Waals surface area contributed by atoms with Crippen LogP contribution in [0.25, 0.3) is 6.08 Å². The number of rotatable bonds is 7. The molecule has 1 aliphatic rings. The fraction of sp³-hybridized carbons (Fsp3) is 0.200. The van der Waals surface area contributed by atoms with E-state index in [-0.39, 0.29) is 0 Å². The summed E-state index contributed by atoms with van der Waals surface area (Å²) in [7, 11) is 0. The summed E-state index contributed by atoms with van der Waals surface area (Å²) >= 11 is 0. The van der Waals surface area contributed by atoms with Crippen LogP contribution < -0.4 is 19.1 Å². The Kier molecular flexibility index (Phi) is 6.01. The fourth-order valence-corrected chi connectivity index (χ4v) is 3.33. The van der Waals surface area contributed by atoms with E-state index in [9.17, 15) is 0 Å². The van der Waals surface area contributed by atoms with Crippen LogP contribution in [0.15, 0.2) is 84.6 Å². The van der Waals surface area contributed by atoms with Crippen molar-refractivity contribution in [2.45, 2.75) is 6.92 Å². The van der Waals surface area contributed by atoms with Crippen LogP contribution >= 0.6 is 0 Å². The molecular formula is C25H25NO3. The van der Waals surface area contributed by atoms with Gasteiger partial charge in [0.15, 0.2) is 0 Å². The smallest absolute Gasteiger partial charge is 0.142 e. The second-order valence-corrected chi connectivity index (χ2v) is 6.89. The highest BCUT2D eigenvalue weighted by molar-refractivity contribution is 5.59. The van der Waals surface area contributed by atoms with Crippen molar-refractivity contribution in [1.29, 1.82) is 0 Å². The number of hydrogen-bond acceptors (Lipinski definition) is 4. The zero-order chi connectivity index (χ0) is 19.9. The highest BCUT2D eigenvalue weighted by atomic mass is 16.5. The van der Waals surface area contributed by atoms with E-state index in [0.29, 0.717) is 13.2 Å². The van der Waals surface area contributed by atoms with Gasteiger partial charge in [0.25, 0.3) is 0 Å². The molecule has 3 aromatic rings. The van der Waals surface area contributed by atoms with Gasteiger partial charge in [0, 0.05) is 0 Å². The number of anilines is 1. The summed E-state index contributed by atoms with van der Waals surface area (Å²) in [6.45, 7) is 5.00. The molecule has 4 nitrogen and oxygen atoms in total. The molecule has 0 bridgehead atoms. The molecule has 0 radical (unpaired) electrons. The summed E-state index contributed by atoms with van der Waals surface area (Å²) in [5.74, 6) is 3.50. The van der Waals surface area contributed by atoms with Gasteiger partial charge in [0.2, 0.25) is 0 Å². The molecule has 3 aromatic carbocycles. The van der Waals surface area contributed by atoms with Crippen LogP contribution in [0.1, 0.15) is 12.5 Å². The largest absolute Gasteiger partial charge is 0.492 e. The lowest BCUT2D eigenvalue weighted by Gasteiger charge is -2.31. The SMILES string of the molecule is C/C(=C/c1ccc(OCCN2CCOc3ccccc32)cc1)Oc1ccccc1. The molecule has 4 rings (SSSR count). The number of fused-ring (bicyclic) bond motifs is 1. The van der Waals surface area contributed by atoms with Gasteiger partial charge in [0.05, 0.1) is 18.8 Å². The van der Waals surface area contributed by atoms with Gasteiger partial charge in [-0.3, -0.25) is 0 Å². The van der Waals surface area contributed by atoms with Crippen LogP contribution in [-0.4, -0.2) is 26.3 Å². The second kappa shape index (κ2) is 9.20. The summed E-state index contributed by atoms with van der Waals surface area (Å²) in [6, 6.07) is 26.0. The standard InChI is InChI=1S/C25H25NO3/c1-20(29-23-7-3-2-4-8-23)19-21-11-13-22(14-12-21)27-17-15-26-16-18-28-25-10-6-5-9-24(25)26/h2-14,19H,15-18H2,1H3/b20-19-. The van der Waals surface area contributed by atoms with Crippen molar-refractivity contribution >= 4 is 11.8 Å². The number of nitrogens with zero attached hydrogens (tertiary/aromatic N) is 1. The molecule has 0 aliphatic carbocycles. The molecule has 0 N–H and O–H groups in total. The van der Waals surface area contributed by atoms with Crippen molar-refractivity contribution in [2.75, 3.05) is 31.2 Å². The normalized spacial score (nSPS) is 13.4. The van der Waals surface area contributed by atoms with Crippen molar-refractivity contribution in [2.24, 2.45) is 0 Å². The molecular weight excluding hydrogens is 362 g/mol. The molecule has 0 unspecified atom stereocenters. The van der Waals surface area contributed by atoms with Gasteiger partial charge in [-0.05, 0) is 55.0 Å². The van der Waals surface area contributed by atoms with E-state index in [1.165, 1.54) is 0 Å². The highest BCUT2D eigenvalue weighted by Gasteiger charge is 2.16. The molecule has 0 aromatic heterocycles. The van der Waals surface area contributed by atoms with E-state index < -0.39 is 0 Å². The van der Waals surface area contributed by atoms with Crippen LogP contribution in [0.5, 0.6) is 17.2 Å². The first-order valence-electron chi connectivity index (χ1n) is 9.89. The summed E-state index contributed by atoms with van der Waals surface area (Å²) in [6.07, 6.45) is 2.02. The lowest BCUT2D eigenvalue weighted by molar-refractivity contribution is 0.288. The molecule has 0 fully saturated rings. The maximum absolute atomic E-state index is 5.94. The minimum Gasteiger partial charge on any atom is -0.492 e. The number of hydrogen-bond donors (Lipinski definition) is 0. The monoisotopic (exact) mass is 387 g/mol. The first-order valence-corrected chi connectivity index (χ1v) is 9.89. The average Bonchev–Trinajstić information content (AvgIpc) is 2.76. The lowest BCUT2D eigenvalue weighted by Crippen LogP contribution is -2.35. The third-order valence-electron chi connectivity index (χ3n) is 4.73. The molecule has 1 aliphatic heterocycles. The third-order valence-corrected chi connectivity index (χ3v) is 4.73. The van der Waals surface area contributed by atoms with Gasteiger partial charge < -0.3 is 19.1 Å². The molecule has 0 atom stereocenters. The summed E-state index contributed by atoms with van der Waals surface area (Å²) in [5.41, 5.74) is 2.21. The zero-order valence-corrected chi connectivity index (χ0v) is 16.6. The van der Waals surface area contributed by atoms with E-state index in [4.69, 9.17) is 14.2 Å². The van der Waals surface area contributed by atoms with Crippen LogP contribution in [-0.2, 0) is 0 Å². The number of benzene rings is 3. The van der Waals surface area contributed by atoms with Crippen LogP contribution in [0.3, 0.4) is 0 Å². The Balaban J connectivity index is 1.29. The average molecular weight is 387 g/mol. The Morgan fingerprint density at radius 1 is 0.931 bits per heavy atom. The predicted octanol–water partition coefficient (Wildman–Crippen LogP) is 5.40. The Labute approximate surface area is 172 Å². The Hall–Kier alpha value is -3.40. The maximum Gasteiger partial charge on any atom is 0.142 e. The molecule has 0 saturated carbocycles. The Morgan fingerprint density at radius 3 is 2.52 bits per heavy atom. The Bertz CT molecular complexity index is 951. The van der Waals surface area contributed by atoms with E-state index in [1.807, 2.05) is 85.8 Å². The van der Waals surface area contributed by atoms with Crippen LogP contribution in [0.4, 0.5) is 5.69 Å². The van der Waals surface area contributed by atoms with E-state index in [2.05, 4.69) is 11.0 Å². The molecule has 1 heterocycles. The second-order valence-electron chi connectivity index (χ2n) is 6.89. The van der Waals surface area contributed by atoms with E-state index >= 15 is 0 Å². The van der Waals surface area contributed by atoms with Gasteiger partial charge in [0.1, 0.15) is 36.2 Å². The van der Waals surface area contributed by atoms with Gasteiger partial charge >= 0.3 is 0 Å². The van der Waals surface area contributed by atoms with Gasteiger partial charge in [-0.2, -0.15) is 0 Å². The molecule has 4 heteroatoms. The minimum absolute atomic E-state index is 0.625. The minimum atomic E-state index is 0.625. The predicted molar refractivity (Wildman–Crippen MR) is 117 cm³/mol. The van der Waals surface area contributed by atoms with Crippen molar-refractivity contribution in [3.05, 3.63) is 90.2 Å². The van der Waals surface area contributed by atoms with Crippen molar-refractivity contribution < 1.29 is 14.2 Å². The van der Waals surface area contributed by atoms with Crippen molar-refractivity contribution in [3.8, 4) is 17.2 Å². The molecule has 0 spiro atoms. The van der Waals surface area contributed by atoms with Crippen LogP contribution in [0, 0.1) is 0 Å². The van der Waals surface area contributed by atoms with Gasteiger partial charge in [-0.1, -0.05) is 42.5 Å². The molecule has 0 amide bonds. The first kappa shape index (κ1) is 18.9. The topological polar surface area (TPSA) is 30.9 Å². The Morgan fingerprint density at radius 2 is 1.69 bits per heavy atom. The highest BCUT2D eigenvalue weighted by Crippen LogP contribution is 2.30. The molecule has 148 valence electrons. The van der Waals surface area contributed by atoms with E-state index in [0.717, 1.165) is 47.3 Å². The summed E-state index contributed by atoms with van der Waals surface area (Å²) in [4.78, 5) is 2.31. The van der Waals surface area contributed by atoms with Gasteiger partial charge in [-0.15, -0.1) is 0 Å². The summed E-state index contributed by atoms with van der Waals surface area (Å²) in [5, 5.41) is 0. The lowest BCUT2D eigenvalue weighted by atomic mass is 10.2. The zero-order valence-electron chi connectivity index (χ0n) is 16.6. The first-order chi connectivity index (χ1) is 14.3. The molecule has 0 saturated heterocycles. The molecule has 29 heavy (non-hydrogen) atoms. The quantitative estimate of drug-likeness (QED) is 0.508. The third kappa shape index (κ3) is 5.11. The number of ether oxygens (including phenoxy) is 3.